The summed E-state index contributed by atoms with van der Waals surface area (Å²) in [5, 5.41) is 8.06. The van der Waals surface area contributed by atoms with Crippen molar-refractivity contribution < 1.29 is 9.18 Å². The van der Waals surface area contributed by atoms with Crippen LogP contribution in [0.25, 0.3) is 5.65 Å². The molecular formula is C14H10FN3O. The molecule has 94 valence electrons. The maximum atomic E-state index is 13.1. The number of carbonyl (C=O) groups excluding carboxylic acids is 1. The van der Waals surface area contributed by atoms with Gasteiger partial charge in [0.2, 0.25) is 0 Å². The lowest BCUT2D eigenvalue weighted by atomic mass is 10.1. The number of hydrogen-bond donors (Lipinski definition) is 0. The Bertz CT molecular complexity index is 751. The molecule has 0 saturated heterocycles. The van der Waals surface area contributed by atoms with E-state index >= 15 is 0 Å². The van der Waals surface area contributed by atoms with Crippen LogP contribution in [-0.4, -0.2) is 20.9 Å². The van der Waals surface area contributed by atoms with Gasteiger partial charge in [-0.15, -0.1) is 10.2 Å². The molecule has 0 aliphatic carbocycles. The van der Waals surface area contributed by atoms with Crippen molar-refractivity contribution in [3.8, 4) is 0 Å². The van der Waals surface area contributed by atoms with E-state index in [0.29, 0.717) is 23.5 Å². The van der Waals surface area contributed by atoms with E-state index in [0.717, 1.165) is 11.8 Å². The minimum atomic E-state index is -0.278. The van der Waals surface area contributed by atoms with Gasteiger partial charge >= 0.3 is 0 Å². The van der Waals surface area contributed by atoms with Crippen LogP contribution < -0.4 is 0 Å². The van der Waals surface area contributed by atoms with Crippen LogP contribution >= 0.6 is 0 Å². The van der Waals surface area contributed by atoms with E-state index in [1.165, 1.54) is 12.1 Å². The predicted octanol–water partition coefficient (Wildman–Crippen LogP) is 2.27. The van der Waals surface area contributed by atoms with Gasteiger partial charge < -0.3 is 0 Å². The monoisotopic (exact) mass is 255 g/mol. The maximum Gasteiger partial charge on any atom is 0.171 e. The normalized spacial score (nSPS) is 10.8. The summed E-state index contributed by atoms with van der Waals surface area (Å²) in [4.78, 5) is 10.9. The molecule has 4 nitrogen and oxygen atoms in total. The highest BCUT2D eigenvalue weighted by Crippen LogP contribution is 2.13. The fourth-order valence-corrected chi connectivity index (χ4v) is 2.03. The first-order valence-electron chi connectivity index (χ1n) is 5.80. The Labute approximate surface area is 108 Å². The Balaban J connectivity index is 2.04. The summed E-state index contributed by atoms with van der Waals surface area (Å²) in [6.45, 7) is 0. The Hall–Kier alpha value is -2.56. The van der Waals surface area contributed by atoms with Crippen molar-refractivity contribution in [3.05, 3.63) is 65.4 Å². The van der Waals surface area contributed by atoms with Crippen molar-refractivity contribution in [2.45, 2.75) is 6.42 Å². The molecule has 3 rings (SSSR count). The van der Waals surface area contributed by atoms with Gasteiger partial charge in [0.1, 0.15) is 11.6 Å². The van der Waals surface area contributed by atoms with E-state index in [2.05, 4.69) is 10.2 Å². The Morgan fingerprint density at radius 3 is 2.89 bits per heavy atom. The highest BCUT2D eigenvalue weighted by molar-refractivity contribution is 5.83. The van der Waals surface area contributed by atoms with Crippen LogP contribution in [0.15, 0.2) is 42.6 Å². The van der Waals surface area contributed by atoms with Gasteiger partial charge in [0.05, 0.1) is 5.56 Å². The first kappa shape index (κ1) is 11.5. The van der Waals surface area contributed by atoms with Crippen LogP contribution in [0.1, 0.15) is 21.7 Å². The van der Waals surface area contributed by atoms with Crippen molar-refractivity contribution >= 4 is 11.9 Å². The zero-order valence-corrected chi connectivity index (χ0v) is 9.95. The van der Waals surface area contributed by atoms with E-state index in [4.69, 9.17) is 0 Å². The standard InChI is InChI=1S/C14H10FN3O/c15-12-5-1-3-10(7-12)8-13-16-17-14-11(9-19)4-2-6-18(13)14/h1-7,9H,8H2. The third kappa shape index (κ3) is 2.10. The fourth-order valence-electron chi connectivity index (χ4n) is 2.03. The number of aromatic nitrogens is 3. The highest BCUT2D eigenvalue weighted by Gasteiger charge is 2.09. The smallest absolute Gasteiger partial charge is 0.171 e. The molecule has 0 atom stereocenters. The number of halogens is 1. The molecule has 2 heterocycles. The summed E-state index contributed by atoms with van der Waals surface area (Å²) in [5.74, 6) is 0.393. The lowest BCUT2D eigenvalue weighted by Gasteiger charge is -2.01. The first-order valence-corrected chi connectivity index (χ1v) is 5.80. The number of carbonyl (C=O) groups is 1. The molecule has 0 unspecified atom stereocenters. The van der Waals surface area contributed by atoms with Gasteiger partial charge in [-0.25, -0.2) is 4.39 Å². The van der Waals surface area contributed by atoms with Crippen LogP contribution in [-0.2, 0) is 6.42 Å². The molecule has 5 heteroatoms. The summed E-state index contributed by atoms with van der Waals surface area (Å²) in [5.41, 5.74) is 1.82. The molecule has 0 aliphatic rings. The molecule has 0 spiro atoms. The SMILES string of the molecule is O=Cc1cccn2c(Cc3cccc(F)c3)nnc12. The second-order valence-electron chi connectivity index (χ2n) is 4.20. The number of aldehydes is 1. The predicted molar refractivity (Wildman–Crippen MR) is 67.6 cm³/mol. The van der Waals surface area contributed by atoms with Gasteiger partial charge in [0, 0.05) is 12.6 Å². The van der Waals surface area contributed by atoms with Crippen molar-refractivity contribution in [2.75, 3.05) is 0 Å². The molecule has 0 bridgehead atoms. The molecule has 0 amide bonds. The van der Waals surface area contributed by atoms with Crippen molar-refractivity contribution in [2.24, 2.45) is 0 Å². The molecule has 0 aliphatic heterocycles. The molecule has 19 heavy (non-hydrogen) atoms. The van der Waals surface area contributed by atoms with Gasteiger partial charge in [0.25, 0.3) is 0 Å². The maximum absolute atomic E-state index is 13.1. The summed E-state index contributed by atoms with van der Waals surface area (Å²) >= 11 is 0. The molecule has 0 N–H and O–H groups in total. The highest BCUT2D eigenvalue weighted by atomic mass is 19.1. The molecule has 0 saturated carbocycles. The van der Waals surface area contributed by atoms with Crippen molar-refractivity contribution in [1.29, 1.82) is 0 Å². The second kappa shape index (κ2) is 4.61. The van der Waals surface area contributed by atoms with Crippen LogP contribution in [0, 0.1) is 5.82 Å². The third-order valence-corrected chi connectivity index (χ3v) is 2.91. The molecule has 2 aromatic heterocycles. The minimum absolute atomic E-state index is 0.278. The average molecular weight is 255 g/mol. The number of nitrogens with zero attached hydrogens (tertiary/aromatic N) is 3. The van der Waals surface area contributed by atoms with Crippen molar-refractivity contribution in [3.63, 3.8) is 0 Å². The molecule has 0 radical (unpaired) electrons. The number of rotatable bonds is 3. The largest absolute Gasteiger partial charge is 0.298 e. The van der Waals surface area contributed by atoms with E-state index in [9.17, 15) is 9.18 Å². The average Bonchev–Trinajstić information content (AvgIpc) is 2.82. The van der Waals surface area contributed by atoms with Gasteiger partial charge in [0.15, 0.2) is 11.9 Å². The van der Waals surface area contributed by atoms with Crippen molar-refractivity contribution in [1.82, 2.24) is 14.6 Å². The van der Waals surface area contributed by atoms with E-state index < -0.39 is 0 Å². The van der Waals surface area contributed by atoms with Crippen LogP contribution in [0.2, 0.25) is 0 Å². The van der Waals surface area contributed by atoms with E-state index in [1.807, 2.05) is 6.07 Å². The third-order valence-electron chi connectivity index (χ3n) is 2.91. The number of hydrogen-bond acceptors (Lipinski definition) is 3. The number of benzene rings is 1. The lowest BCUT2D eigenvalue weighted by molar-refractivity contribution is 0.112. The van der Waals surface area contributed by atoms with Crippen LogP contribution in [0.5, 0.6) is 0 Å². The topological polar surface area (TPSA) is 47.3 Å². The summed E-state index contributed by atoms with van der Waals surface area (Å²) in [6, 6.07) is 9.79. The van der Waals surface area contributed by atoms with Gasteiger partial charge in [-0.3, -0.25) is 9.20 Å². The van der Waals surface area contributed by atoms with Crippen LogP contribution in [0.4, 0.5) is 4.39 Å². The Kier molecular flexibility index (Phi) is 2.79. The molecule has 0 fully saturated rings. The fraction of sp³-hybridized carbons (Fsp3) is 0.0714. The summed E-state index contributed by atoms with van der Waals surface area (Å²) in [7, 11) is 0. The van der Waals surface area contributed by atoms with Gasteiger partial charge in [-0.2, -0.15) is 0 Å². The summed E-state index contributed by atoms with van der Waals surface area (Å²) in [6.07, 6.45) is 2.99. The minimum Gasteiger partial charge on any atom is -0.298 e. The zero-order chi connectivity index (χ0) is 13.2. The lowest BCUT2D eigenvalue weighted by Crippen LogP contribution is -1.97. The molecule has 1 aromatic carbocycles. The second-order valence-corrected chi connectivity index (χ2v) is 4.20. The van der Waals surface area contributed by atoms with E-state index in [-0.39, 0.29) is 5.82 Å². The quantitative estimate of drug-likeness (QED) is 0.674. The number of pyridine rings is 1. The van der Waals surface area contributed by atoms with Gasteiger partial charge in [-0.1, -0.05) is 12.1 Å². The Morgan fingerprint density at radius 1 is 1.21 bits per heavy atom. The summed E-state index contributed by atoms with van der Waals surface area (Å²) < 4.78 is 14.9. The van der Waals surface area contributed by atoms with E-state index in [1.54, 1.807) is 28.8 Å². The Morgan fingerprint density at radius 2 is 2.11 bits per heavy atom. The zero-order valence-electron chi connectivity index (χ0n) is 9.95. The van der Waals surface area contributed by atoms with Crippen LogP contribution in [0.3, 0.4) is 0 Å². The first-order chi connectivity index (χ1) is 9.28. The number of fused-ring (bicyclic) bond motifs is 1. The molecule has 3 aromatic rings. The van der Waals surface area contributed by atoms with Gasteiger partial charge in [-0.05, 0) is 29.8 Å². The molecular weight excluding hydrogens is 245 g/mol.